The Bertz CT molecular complexity index is 548. The van der Waals surface area contributed by atoms with E-state index in [0.29, 0.717) is 6.61 Å². The van der Waals surface area contributed by atoms with Gasteiger partial charge in [0.2, 0.25) is 0 Å². The van der Waals surface area contributed by atoms with Gasteiger partial charge in [0.15, 0.2) is 6.10 Å². The summed E-state index contributed by atoms with van der Waals surface area (Å²) in [5, 5.41) is 9.12. The molecule has 1 aromatic carbocycles. The molecule has 7 nitrogen and oxygen atoms in total. The summed E-state index contributed by atoms with van der Waals surface area (Å²) in [6.07, 6.45) is -2.01. The molecule has 1 aromatic rings. The highest BCUT2D eigenvalue weighted by Crippen LogP contribution is 2.25. The first kappa shape index (κ1) is 14.8. The molecule has 118 valence electrons. The summed E-state index contributed by atoms with van der Waals surface area (Å²) in [5.41, 5.74) is 0.873. The molecule has 1 amide bonds. The van der Waals surface area contributed by atoms with Crippen LogP contribution in [0.4, 0.5) is 4.79 Å². The third kappa shape index (κ3) is 3.05. The van der Waals surface area contributed by atoms with Gasteiger partial charge in [0.1, 0.15) is 12.7 Å². The Labute approximate surface area is 127 Å². The highest BCUT2D eigenvalue weighted by Gasteiger charge is 2.45. The van der Waals surface area contributed by atoms with Crippen molar-refractivity contribution in [3.05, 3.63) is 35.9 Å². The van der Waals surface area contributed by atoms with Gasteiger partial charge in [-0.05, 0) is 5.56 Å². The topological polar surface area (TPSA) is 85.3 Å². The predicted octanol–water partition coefficient (Wildman–Crippen LogP) is 0.876. The monoisotopic (exact) mass is 307 g/mol. The molecule has 2 heterocycles. The van der Waals surface area contributed by atoms with Gasteiger partial charge in [-0.15, -0.1) is 0 Å². The third-order valence-electron chi connectivity index (χ3n) is 3.82. The highest BCUT2D eigenvalue weighted by molar-refractivity contribution is 5.75. The summed E-state index contributed by atoms with van der Waals surface area (Å²) in [5.74, 6) is -1.09. The van der Waals surface area contributed by atoms with Crippen LogP contribution in [0, 0.1) is 0 Å². The van der Waals surface area contributed by atoms with Gasteiger partial charge in [-0.2, -0.15) is 0 Å². The van der Waals surface area contributed by atoms with Gasteiger partial charge in [-0.3, -0.25) is 4.90 Å². The number of ether oxygens (including phenoxy) is 3. The van der Waals surface area contributed by atoms with E-state index in [1.54, 1.807) is 0 Å². The number of fused-ring (bicyclic) bond motifs is 1. The number of amides is 1. The Balaban J connectivity index is 1.65. The second-order valence-electron chi connectivity index (χ2n) is 5.30. The number of carbonyl (C=O) groups excluding carboxylic acids is 1. The predicted molar refractivity (Wildman–Crippen MR) is 74.2 cm³/mol. The molecule has 0 aliphatic carbocycles. The Morgan fingerprint density at radius 3 is 2.77 bits per heavy atom. The molecule has 1 unspecified atom stereocenters. The zero-order valence-electron chi connectivity index (χ0n) is 11.9. The number of aliphatic carboxylic acids is 1. The van der Waals surface area contributed by atoms with Gasteiger partial charge in [-0.1, -0.05) is 30.3 Å². The van der Waals surface area contributed by atoms with Crippen molar-refractivity contribution in [3.8, 4) is 0 Å². The number of benzene rings is 1. The van der Waals surface area contributed by atoms with Crippen molar-refractivity contribution in [1.29, 1.82) is 0 Å². The average Bonchev–Trinajstić information content (AvgIpc) is 3.01. The minimum Gasteiger partial charge on any atom is -0.479 e. The van der Waals surface area contributed by atoms with E-state index < -0.39 is 24.3 Å². The lowest BCUT2D eigenvalue weighted by molar-refractivity contribution is -0.165. The molecule has 0 spiro atoms. The smallest absolute Gasteiger partial charge is 0.410 e. The Morgan fingerprint density at radius 1 is 1.27 bits per heavy atom. The van der Waals surface area contributed by atoms with Crippen LogP contribution in [0.2, 0.25) is 0 Å². The molecule has 1 N–H and O–H groups in total. The molecule has 2 aliphatic rings. The van der Waals surface area contributed by atoms with Crippen LogP contribution < -0.4 is 0 Å². The van der Waals surface area contributed by atoms with Crippen LogP contribution in [0.15, 0.2) is 30.3 Å². The maximum absolute atomic E-state index is 12.3. The Morgan fingerprint density at radius 2 is 2.05 bits per heavy atom. The molecule has 3 atom stereocenters. The van der Waals surface area contributed by atoms with Crippen molar-refractivity contribution in [2.24, 2.45) is 0 Å². The van der Waals surface area contributed by atoms with Gasteiger partial charge < -0.3 is 19.3 Å². The summed E-state index contributed by atoms with van der Waals surface area (Å²) in [4.78, 5) is 24.8. The number of morpholine rings is 1. The van der Waals surface area contributed by atoms with Crippen LogP contribution in [-0.2, 0) is 25.6 Å². The van der Waals surface area contributed by atoms with E-state index in [9.17, 15) is 9.59 Å². The molecule has 7 heteroatoms. The number of rotatable bonds is 3. The van der Waals surface area contributed by atoms with E-state index in [0.717, 1.165) is 5.56 Å². The van der Waals surface area contributed by atoms with Crippen molar-refractivity contribution in [2.75, 3.05) is 19.8 Å². The second kappa shape index (κ2) is 6.33. The largest absolute Gasteiger partial charge is 0.479 e. The van der Waals surface area contributed by atoms with Crippen molar-refractivity contribution >= 4 is 12.1 Å². The molecule has 22 heavy (non-hydrogen) atoms. The van der Waals surface area contributed by atoms with E-state index in [-0.39, 0.29) is 25.8 Å². The first-order valence-corrected chi connectivity index (χ1v) is 7.08. The summed E-state index contributed by atoms with van der Waals surface area (Å²) < 4.78 is 16.0. The normalized spacial score (nSPS) is 27.3. The van der Waals surface area contributed by atoms with Gasteiger partial charge in [0, 0.05) is 0 Å². The standard InChI is InChI=1S/C15H17NO6/c17-14(18)12-6-16(11-8-20-9-13(11)22-12)15(19)21-7-10-4-2-1-3-5-10/h1-5,11-13H,6-9H2,(H,17,18)/t11-,12?,13-/m1/s1. The van der Waals surface area contributed by atoms with Gasteiger partial charge >= 0.3 is 12.1 Å². The molecular formula is C15H17NO6. The molecule has 2 fully saturated rings. The quantitative estimate of drug-likeness (QED) is 0.892. The molecule has 0 saturated carbocycles. The second-order valence-corrected chi connectivity index (χ2v) is 5.30. The molecule has 2 saturated heterocycles. The Kier molecular flexibility index (Phi) is 4.26. The highest BCUT2D eigenvalue weighted by atomic mass is 16.6. The van der Waals surface area contributed by atoms with Crippen LogP contribution in [0.5, 0.6) is 0 Å². The molecule has 2 aliphatic heterocycles. The number of carbonyl (C=O) groups is 2. The summed E-state index contributed by atoms with van der Waals surface area (Å²) in [7, 11) is 0. The van der Waals surface area contributed by atoms with E-state index in [1.165, 1.54) is 4.90 Å². The van der Waals surface area contributed by atoms with E-state index in [2.05, 4.69) is 0 Å². The lowest BCUT2D eigenvalue weighted by Gasteiger charge is -2.38. The third-order valence-corrected chi connectivity index (χ3v) is 3.82. The van der Waals surface area contributed by atoms with Crippen LogP contribution in [0.3, 0.4) is 0 Å². The van der Waals surface area contributed by atoms with Gasteiger partial charge in [0.25, 0.3) is 0 Å². The summed E-state index contributed by atoms with van der Waals surface area (Å²) in [6.45, 7) is 0.731. The van der Waals surface area contributed by atoms with Gasteiger partial charge in [0.05, 0.1) is 25.8 Å². The zero-order valence-corrected chi connectivity index (χ0v) is 11.9. The molecule has 0 radical (unpaired) electrons. The first-order valence-electron chi connectivity index (χ1n) is 7.08. The minimum absolute atomic E-state index is 0.0342. The van der Waals surface area contributed by atoms with Gasteiger partial charge in [-0.25, -0.2) is 9.59 Å². The fourth-order valence-corrected chi connectivity index (χ4v) is 2.66. The van der Waals surface area contributed by atoms with Crippen LogP contribution in [0.1, 0.15) is 5.56 Å². The number of nitrogens with zero attached hydrogens (tertiary/aromatic N) is 1. The Hall–Kier alpha value is -2.12. The first-order chi connectivity index (χ1) is 10.6. The lowest BCUT2D eigenvalue weighted by atomic mass is 10.1. The molecule has 0 aromatic heterocycles. The number of hydrogen-bond donors (Lipinski definition) is 1. The maximum atomic E-state index is 12.3. The maximum Gasteiger partial charge on any atom is 0.410 e. The van der Waals surface area contributed by atoms with E-state index in [1.807, 2.05) is 30.3 Å². The number of carboxylic acids is 1. The van der Waals surface area contributed by atoms with Crippen LogP contribution >= 0.6 is 0 Å². The zero-order chi connectivity index (χ0) is 15.5. The van der Waals surface area contributed by atoms with Crippen molar-refractivity contribution in [1.82, 2.24) is 4.90 Å². The van der Waals surface area contributed by atoms with E-state index >= 15 is 0 Å². The summed E-state index contributed by atoms with van der Waals surface area (Å²) >= 11 is 0. The lowest BCUT2D eigenvalue weighted by Crippen LogP contribution is -2.58. The fraction of sp³-hybridized carbons (Fsp3) is 0.467. The molecule has 3 rings (SSSR count). The molecule has 0 bridgehead atoms. The minimum atomic E-state index is -1.09. The van der Waals surface area contributed by atoms with Crippen molar-refractivity contribution in [3.63, 3.8) is 0 Å². The fourth-order valence-electron chi connectivity index (χ4n) is 2.66. The SMILES string of the molecule is O=C(O)C1CN(C(=O)OCc2ccccc2)[C@@H]2COC[C@H]2O1. The van der Waals surface area contributed by atoms with Crippen molar-refractivity contribution < 1.29 is 28.9 Å². The van der Waals surface area contributed by atoms with Crippen LogP contribution in [-0.4, -0.2) is 60.1 Å². The summed E-state index contributed by atoms with van der Waals surface area (Å²) in [6, 6.07) is 9.02. The number of hydrogen-bond acceptors (Lipinski definition) is 5. The number of carboxylic acid groups (broad SMARTS) is 1. The van der Waals surface area contributed by atoms with E-state index in [4.69, 9.17) is 19.3 Å². The molecular weight excluding hydrogens is 290 g/mol. The average molecular weight is 307 g/mol. The van der Waals surface area contributed by atoms with Crippen molar-refractivity contribution in [2.45, 2.75) is 24.9 Å². The van der Waals surface area contributed by atoms with Crippen LogP contribution in [0.25, 0.3) is 0 Å².